The highest BCUT2D eigenvalue weighted by atomic mass is 32.2. The van der Waals surface area contributed by atoms with Gasteiger partial charge in [0.05, 0.1) is 11.3 Å². The number of amides is 1. The van der Waals surface area contributed by atoms with E-state index in [0.717, 1.165) is 25.0 Å². The Morgan fingerprint density at radius 3 is 2.36 bits per heavy atom. The van der Waals surface area contributed by atoms with Crippen molar-refractivity contribution < 1.29 is 26.7 Å². The monoisotopic (exact) mass is 520 g/mol. The largest absolute Gasteiger partial charge is 0.444 e. The summed E-state index contributed by atoms with van der Waals surface area (Å²) < 4.78 is 64.7. The summed E-state index contributed by atoms with van der Waals surface area (Å²) in [4.78, 5) is 14.7. The molecule has 1 heterocycles. The van der Waals surface area contributed by atoms with Crippen LogP contribution in [-0.4, -0.2) is 48.9 Å². The van der Waals surface area contributed by atoms with Gasteiger partial charge in [0.25, 0.3) is 0 Å². The highest BCUT2D eigenvalue weighted by molar-refractivity contribution is 7.90. The van der Waals surface area contributed by atoms with Crippen LogP contribution in [0.3, 0.4) is 0 Å². The van der Waals surface area contributed by atoms with Crippen LogP contribution in [0.4, 0.5) is 13.6 Å². The first-order valence-corrected chi connectivity index (χ1v) is 13.8. The Kier molecular flexibility index (Phi) is 6.94. The van der Waals surface area contributed by atoms with E-state index < -0.39 is 56.1 Å². The molecule has 4 rings (SSSR count). The Bertz CT molecular complexity index is 1240. The van der Waals surface area contributed by atoms with Gasteiger partial charge >= 0.3 is 6.09 Å². The van der Waals surface area contributed by atoms with Crippen LogP contribution >= 0.6 is 0 Å². The van der Waals surface area contributed by atoms with Crippen molar-refractivity contribution in [3.05, 3.63) is 59.7 Å². The van der Waals surface area contributed by atoms with Crippen molar-refractivity contribution in [1.82, 2.24) is 9.62 Å². The highest BCUT2D eigenvalue weighted by Gasteiger charge is 2.62. The quantitative estimate of drug-likeness (QED) is 0.563. The molecule has 1 saturated heterocycles. The number of carbonyl (C=O) groups is 1. The molecule has 2 atom stereocenters. The van der Waals surface area contributed by atoms with E-state index in [2.05, 4.69) is 4.72 Å². The van der Waals surface area contributed by atoms with Crippen LogP contribution in [-0.2, 0) is 21.2 Å². The van der Waals surface area contributed by atoms with Crippen LogP contribution in [0.1, 0.15) is 53.0 Å². The lowest BCUT2D eigenvalue weighted by Crippen LogP contribution is -2.51. The number of carbonyl (C=O) groups excluding carboxylic acids is 1. The van der Waals surface area contributed by atoms with E-state index in [4.69, 9.17) is 4.74 Å². The molecule has 1 amide bonds. The Morgan fingerprint density at radius 1 is 1.17 bits per heavy atom. The summed E-state index contributed by atoms with van der Waals surface area (Å²) in [7, 11) is -3.69. The minimum absolute atomic E-state index is 0.0598. The first-order chi connectivity index (χ1) is 16.7. The number of benzene rings is 2. The van der Waals surface area contributed by atoms with Crippen LogP contribution < -0.4 is 4.72 Å². The molecular weight excluding hydrogens is 486 g/mol. The molecular formula is C27H34F2N2O4S. The standard InChI is InChI=1S/C27H34F2N2O4S/c1-17(2)36(33,34)30-24-22(31(16-27(24)11-12-27)25(32)35-26(3,4)5)14-19-13-20(28)15-21(23(19)29)18-9-7-6-8-10-18/h6-10,13,15,17,22,24,30H,11-12,14,16H2,1-5H3/t22-,24+/m0/s1. The topological polar surface area (TPSA) is 75.7 Å². The molecule has 36 heavy (non-hydrogen) atoms. The Balaban J connectivity index is 1.76. The smallest absolute Gasteiger partial charge is 0.410 e. The number of halogens is 2. The van der Waals surface area contributed by atoms with Gasteiger partial charge in [-0.2, -0.15) is 0 Å². The molecule has 0 unspecified atom stereocenters. The number of nitrogens with zero attached hydrogens (tertiary/aromatic N) is 1. The van der Waals surface area contributed by atoms with Crippen molar-refractivity contribution in [2.24, 2.45) is 5.41 Å². The molecule has 1 spiro atoms. The van der Waals surface area contributed by atoms with Crippen molar-refractivity contribution >= 4 is 16.1 Å². The summed E-state index contributed by atoms with van der Waals surface area (Å²) in [6.07, 6.45) is 0.810. The summed E-state index contributed by atoms with van der Waals surface area (Å²) in [5.41, 5.74) is -0.484. The maximum absolute atomic E-state index is 15.8. The Labute approximate surface area is 212 Å². The van der Waals surface area contributed by atoms with Crippen LogP contribution in [0, 0.1) is 17.0 Å². The molecule has 2 aromatic carbocycles. The highest BCUT2D eigenvalue weighted by Crippen LogP contribution is 2.56. The Hall–Kier alpha value is -2.52. The summed E-state index contributed by atoms with van der Waals surface area (Å²) in [6, 6.07) is 9.57. The molecule has 2 fully saturated rings. The number of sulfonamides is 1. The zero-order chi connectivity index (χ0) is 26.5. The zero-order valence-electron chi connectivity index (χ0n) is 21.3. The first kappa shape index (κ1) is 26.5. The molecule has 9 heteroatoms. The zero-order valence-corrected chi connectivity index (χ0v) is 22.2. The molecule has 2 aliphatic rings. The van der Waals surface area contributed by atoms with Crippen LogP contribution in [0.25, 0.3) is 11.1 Å². The third kappa shape index (κ3) is 5.42. The SMILES string of the molecule is CC(C)S(=O)(=O)N[C@@H]1[C@H](Cc2cc(F)cc(-c3ccccc3)c2F)N(C(=O)OC(C)(C)C)CC12CC2. The van der Waals surface area contributed by atoms with E-state index in [1.165, 1.54) is 4.90 Å². The molecule has 0 aromatic heterocycles. The lowest BCUT2D eigenvalue weighted by atomic mass is 9.91. The summed E-state index contributed by atoms with van der Waals surface area (Å²) in [5, 5.41) is -0.680. The third-order valence-corrected chi connectivity index (χ3v) is 8.81. The fraction of sp³-hybridized carbons (Fsp3) is 0.519. The normalized spacial score (nSPS) is 21.3. The average molecular weight is 521 g/mol. The van der Waals surface area contributed by atoms with Gasteiger partial charge in [-0.15, -0.1) is 0 Å². The lowest BCUT2D eigenvalue weighted by Gasteiger charge is -2.31. The molecule has 1 N–H and O–H groups in total. The molecule has 2 aromatic rings. The maximum atomic E-state index is 15.8. The van der Waals surface area contributed by atoms with Crippen LogP contribution in [0.2, 0.25) is 0 Å². The summed E-state index contributed by atoms with van der Waals surface area (Å²) in [5.74, 6) is -1.19. The predicted molar refractivity (Wildman–Crippen MR) is 135 cm³/mol. The molecule has 1 aliphatic carbocycles. The number of likely N-dealkylation sites (tertiary alicyclic amines) is 1. The predicted octanol–water partition coefficient (Wildman–Crippen LogP) is 5.27. The maximum Gasteiger partial charge on any atom is 0.410 e. The summed E-state index contributed by atoms with van der Waals surface area (Å²) in [6.45, 7) is 8.70. The molecule has 1 aliphatic heterocycles. The fourth-order valence-corrected chi connectivity index (χ4v) is 5.92. The molecule has 196 valence electrons. The number of nitrogens with one attached hydrogen (secondary N) is 1. The Morgan fingerprint density at radius 2 is 1.81 bits per heavy atom. The van der Waals surface area contributed by atoms with Crippen LogP contribution in [0.5, 0.6) is 0 Å². The van der Waals surface area contributed by atoms with Crippen molar-refractivity contribution in [2.75, 3.05) is 6.54 Å². The van der Waals surface area contributed by atoms with Gasteiger partial charge in [0, 0.05) is 23.6 Å². The second-order valence-electron chi connectivity index (χ2n) is 11.2. The van der Waals surface area contributed by atoms with Gasteiger partial charge < -0.3 is 9.64 Å². The van der Waals surface area contributed by atoms with Gasteiger partial charge in [-0.1, -0.05) is 30.3 Å². The van der Waals surface area contributed by atoms with Gasteiger partial charge in [0.15, 0.2) is 0 Å². The van der Waals surface area contributed by atoms with Crippen LogP contribution in [0.15, 0.2) is 42.5 Å². The van der Waals surface area contributed by atoms with Crippen molar-refractivity contribution in [3.63, 3.8) is 0 Å². The third-order valence-electron chi connectivity index (χ3n) is 6.99. The number of hydrogen-bond donors (Lipinski definition) is 1. The minimum Gasteiger partial charge on any atom is -0.444 e. The molecule has 6 nitrogen and oxygen atoms in total. The van der Waals surface area contributed by atoms with E-state index in [1.54, 1.807) is 65.0 Å². The average Bonchev–Trinajstić information content (AvgIpc) is 3.50. The van der Waals surface area contributed by atoms with Gasteiger partial charge in [-0.05, 0) is 77.1 Å². The summed E-state index contributed by atoms with van der Waals surface area (Å²) >= 11 is 0. The van der Waals surface area contributed by atoms with E-state index in [0.29, 0.717) is 12.1 Å². The van der Waals surface area contributed by atoms with E-state index in [-0.39, 0.29) is 17.5 Å². The van der Waals surface area contributed by atoms with Crippen molar-refractivity contribution in [1.29, 1.82) is 0 Å². The number of ether oxygens (including phenoxy) is 1. The van der Waals surface area contributed by atoms with Gasteiger partial charge in [-0.3, -0.25) is 0 Å². The molecule has 0 bridgehead atoms. The molecule has 1 saturated carbocycles. The van der Waals surface area contributed by atoms with Gasteiger partial charge in [-0.25, -0.2) is 26.7 Å². The van der Waals surface area contributed by atoms with E-state index in [1.807, 2.05) is 0 Å². The van der Waals surface area contributed by atoms with Gasteiger partial charge in [0.2, 0.25) is 10.0 Å². The second-order valence-corrected chi connectivity index (χ2v) is 13.5. The number of rotatable bonds is 6. The van der Waals surface area contributed by atoms with Gasteiger partial charge in [0.1, 0.15) is 17.2 Å². The van der Waals surface area contributed by atoms with E-state index in [9.17, 15) is 17.6 Å². The fourth-order valence-electron chi connectivity index (χ4n) is 4.89. The molecule has 0 radical (unpaired) electrons. The minimum atomic E-state index is -3.69. The lowest BCUT2D eigenvalue weighted by molar-refractivity contribution is 0.0213. The van der Waals surface area contributed by atoms with Crippen molar-refractivity contribution in [3.8, 4) is 11.1 Å². The second kappa shape index (κ2) is 9.41. The first-order valence-electron chi connectivity index (χ1n) is 12.3. The number of hydrogen-bond acceptors (Lipinski definition) is 4. The van der Waals surface area contributed by atoms with Crippen molar-refractivity contribution in [2.45, 2.75) is 76.8 Å². The van der Waals surface area contributed by atoms with E-state index >= 15 is 4.39 Å².